The van der Waals surface area contributed by atoms with Crippen LogP contribution in [0.25, 0.3) is 0 Å². The van der Waals surface area contributed by atoms with Crippen molar-refractivity contribution in [3.05, 3.63) is 15.6 Å². The van der Waals surface area contributed by atoms with Gasteiger partial charge in [-0.1, -0.05) is 13.8 Å². The Labute approximate surface area is 155 Å². The van der Waals surface area contributed by atoms with E-state index >= 15 is 0 Å². The Hall–Kier alpha value is -0.400. The topological polar surface area (TPSA) is 57.3 Å². The van der Waals surface area contributed by atoms with E-state index in [0.717, 1.165) is 54.7 Å². The van der Waals surface area contributed by atoms with Gasteiger partial charge in [-0.25, -0.2) is 4.98 Å². The first-order valence-electron chi connectivity index (χ1n) is 7.74. The highest BCUT2D eigenvalue weighted by Gasteiger charge is 2.17. The average molecular weight is 383 g/mol. The number of rotatable bonds is 6. The molecule has 1 aliphatic heterocycles. The molecule has 1 aliphatic rings. The summed E-state index contributed by atoms with van der Waals surface area (Å²) in [6, 6.07) is 0. The SMILES string of the molecule is Cc1nc(CC(C)C)c(C(=O)NCCN2CCNCC2)s1.Cl.Cl. The van der Waals surface area contributed by atoms with Gasteiger partial charge in [0.2, 0.25) is 0 Å². The normalized spacial score (nSPS) is 15.0. The first kappa shape index (κ1) is 22.6. The number of hydrogen-bond acceptors (Lipinski definition) is 5. The minimum atomic E-state index is 0. The maximum atomic E-state index is 12.3. The van der Waals surface area contributed by atoms with Crippen LogP contribution in [0.15, 0.2) is 0 Å². The summed E-state index contributed by atoms with van der Waals surface area (Å²) in [7, 11) is 0. The van der Waals surface area contributed by atoms with Crippen molar-refractivity contribution < 1.29 is 4.79 Å². The molecule has 134 valence electrons. The summed E-state index contributed by atoms with van der Waals surface area (Å²) in [5.41, 5.74) is 0.951. The van der Waals surface area contributed by atoms with Crippen LogP contribution in [0.3, 0.4) is 0 Å². The molecule has 2 heterocycles. The van der Waals surface area contributed by atoms with Gasteiger partial charge >= 0.3 is 0 Å². The quantitative estimate of drug-likeness (QED) is 0.790. The number of carbonyl (C=O) groups excluding carboxylic acids is 1. The Bertz CT molecular complexity index is 476. The van der Waals surface area contributed by atoms with Crippen molar-refractivity contribution in [1.29, 1.82) is 0 Å². The number of piperazine rings is 1. The van der Waals surface area contributed by atoms with Gasteiger partial charge in [-0.3, -0.25) is 9.69 Å². The molecule has 5 nitrogen and oxygen atoms in total. The second kappa shape index (κ2) is 11.2. The van der Waals surface area contributed by atoms with Crippen LogP contribution in [0.2, 0.25) is 0 Å². The van der Waals surface area contributed by atoms with Gasteiger partial charge in [-0.15, -0.1) is 36.2 Å². The van der Waals surface area contributed by atoms with Gasteiger partial charge in [0.05, 0.1) is 10.7 Å². The Morgan fingerprint density at radius 1 is 1.35 bits per heavy atom. The van der Waals surface area contributed by atoms with Gasteiger partial charge in [0.15, 0.2) is 0 Å². The molecule has 1 amide bonds. The van der Waals surface area contributed by atoms with E-state index < -0.39 is 0 Å². The smallest absolute Gasteiger partial charge is 0.263 e. The zero-order valence-electron chi connectivity index (χ0n) is 14.1. The largest absolute Gasteiger partial charge is 0.350 e. The maximum absolute atomic E-state index is 12.3. The summed E-state index contributed by atoms with van der Waals surface area (Å²) < 4.78 is 0. The lowest BCUT2D eigenvalue weighted by Crippen LogP contribution is -2.46. The van der Waals surface area contributed by atoms with Crippen molar-refractivity contribution in [2.75, 3.05) is 39.3 Å². The Balaban J connectivity index is 0.00000242. The zero-order valence-corrected chi connectivity index (χ0v) is 16.5. The van der Waals surface area contributed by atoms with Crippen LogP contribution in [0.5, 0.6) is 0 Å². The first-order valence-corrected chi connectivity index (χ1v) is 8.55. The average Bonchev–Trinajstić information content (AvgIpc) is 2.80. The van der Waals surface area contributed by atoms with E-state index in [1.807, 2.05) is 6.92 Å². The lowest BCUT2D eigenvalue weighted by molar-refractivity contribution is 0.0950. The van der Waals surface area contributed by atoms with Gasteiger partial charge in [0.25, 0.3) is 5.91 Å². The van der Waals surface area contributed by atoms with Crippen molar-refractivity contribution in [1.82, 2.24) is 20.5 Å². The van der Waals surface area contributed by atoms with Crippen molar-refractivity contribution >= 4 is 42.1 Å². The van der Waals surface area contributed by atoms with Crippen LogP contribution in [0.1, 0.15) is 34.2 Å². The number of amides is 1. The molecule has 1 fully saturated rings. The third kappa shape index (κ3) is 7.35. The molecular formula is C15H28Cl2N4OS. The number of aryl methyl sites for hydroxylation is 1. The predicted molar refractivity (Wildman–Crippen MR) is 102 cm³/mol. The number of aromatic nitrogens is 1. The molecular weight excluding hydrogens is 355 g/mol. The molecule has 1 aromatic rings. The van der Waals surface area contributed by atoms with E-state index in [9.17, 15) is 4.79 Å². The fourth-order valence-electron chi connectivity index (χ4n) is 2.52. The molecule has 0 bridgehead atoms. The van der Waals surface area contributed by atoms with E-state index in [0.29, 0.717) is 12.5 Å². The highest BCUT2D eigenvalue weighted by Crippen LogP contribution is 2.20. The summed E-state index contributed by atoms with van der Waals surface area (Å²) in [5, 5.41) is 7.35. The monoisotopic (exact) mass is 382 g/mol. The second-order valence-corrected chi connectivity index (χ2v) is 7.16. The standard InChI is InChI=1S/C15H26N4OS.2ClH/c1-11(2)10-13-14(21-12(3)18-13)15(20)17-6-9-19-7-4-16-5-8-19;;/h11,16H,4-10H2,1-3H3,(H,17,20);2*1H. The number of hydrogen-bond donors (Lipinski definition) is 2. The second-order valence-electron chi connectivity index (χ2n) is 5.95. The van der Waals surface area contributed by atoms with Crippen molar-refractivity contribution in [2.45, 2.75) is 27.2 Å². The van der Waals surface area contributed by atoms with E-state index in [1.165, 1.54) is 11.3 Å². The van der Waals surface area contributed by atoms with Gasteiger partial charge in [-0.05, 0) is 19.3 Å². The van der Waals surface area contributed by atoms with Gasteiger partial charge in [0.1, 0.15) is 4.88 Å². The Morgan fingerprint density at radius 2 is 2.00 bits per heavy atom. The number of nitrogens with zero attached hydrogens (tertiary/aromatic N) is 2. The van der Waals surface area contributed by atoms with E-state index in [-0.39, 0.29) is 30.7 Å². The summed E-state index contributed by atoms with van der Waals surface area (Å²) in [4.78, 5) is 20.0. The predicted octanol–water partition coefficient (Wildman–Crippen LogP) is 2.13. The molecule has 0 spiro atoms. The van der Waals surface area contributed by atoms with E-state index in [4.69, 9.17) is 0 Å². The minimum absolute atomic E-state index is 0. The highest BCUT2D eigenvalue weighted by atomic mass is 35.5. The van der Waals surface area contributed by atoms with Crippen LogP contribution in [0.4, 0.5) is 0 Å². The van der Waals surface area contributed by atoms with E-state index in [1.54, 1.807) is 0 Å². The third-order valence-corrected chi connectivity index (χ3v) is 4.55. The molecule has 0 unspecified atom stereocenters. The third-order valence-electron chi connectivity index (χ3n) is 3.54. The summed E-state index contributed by atoms with van der Waals surface area (Å²) in [6.45, 7) is 12.1. The lowest BCUT2D eigenvalue weighted by atomic mass is 10.1. The van der Waals surface area contributed by atoms with Crippen molar-refractivity contribution in [3.63, 3.8) is 0 Å². The van der Waals surface area contributed by atoms with Crippen LogP contribution in [-0.2, 0) is 6.42 Å². The fourth-order valence-corrected chi connectivity index (χ4v) is 3.38. The van der Waals surface area contributed by atoms with Crippen molar-refractivity contribution in [3.8, 4) is 0 Å². The van der Waals surface area contributed by atoms with Gasteiger partial charge < -0.3 is 10.6 Å². The number of carbonyl (C=O) groups is 1. The molecule has 1 saturated heterocycles. The molecule has 0 aromatic carbocycles. The molecule has 0 aliphatic carbocycles. The molecule has 2 rings (SSSR count). The number of thiazole rings is 1. The molecule has 0 radical (unpaired) electrons. The molecule has 2 N–H and O–H groups in total. The van der Waals surface area contributed by atoms with Crippen LogP contribution < -0.4 is 10.6 Å². The Kier molecular flexibility index (Phi) is 11.0. The Morgan fingerprint density at radius 3 is 2.61 bits per heavy atom. The van der Waals surface area contributed by atoms with Gasteiger partial charge in [-0.2, -0.15) is 0 Å². The highest BCUT2D eigenvalue weighted by molar-refractivity contribution is 7.13. The van der Waals surface area contributed by atoms with Crippen LogP contribution in [-0.4, -0.2) is 55.1 Å². The molecule has 0 atom stereocenters. The van der Waals surface area contributed by atoms with Crippen molar-refractivity contribution in [2.24, 2.45) is 5.92 Å². The lowest BCUT2D eigenvalue weighted by Gasteiger charge is -2.27. The maximum Gasteiger partial charge on any atom is 0.263 e. The summed E-state index contributed by atoms with van der Waals surface area (Å²) >= 11 is 1.50. The van der Waals surface area contributed by atoms with Crippen LogP contribution >= 0.6 is 36.2 Å². The van der Waals surface area contributed by atoms with Gasteiger partial charge in [0, 0.05) is 39.3 Å². The summed E-state index contributed by atoms with van der Waals surface area (Å²) in [6.07, 6.45) is 0.866. The molecule has 23 heavy (non-hydrogen) atoms. The number of nitrogens with one attached hydrogen (secondary N) is 2. The van der Waals surface area contributed by atoms with Crippen LogP contribution in [0, 0.1) is 12.8 Å². The van der Waals surface area contributed by atoms with E-state index in [2.05, 4.69) is 34.4 Å². The molecule has 8 heteroatoms. The molecule has 0 saturated carbocycles. The first-order chi connectivity index (χ1) is 10.1. The fraction of sp³-hybridized carbons (Fsp3) is 0.733. The molecule has 1 aromatic heterocycles. The zero-order chi connectivity index (χ0) is 15.2. The summed E-state index contributed by atoms with van der Waals surface area (Å²) in [5.74, 6) is 0.547. The minimum Gasteiger partial charge on any atom is -0.350 e. The number of halogens is 2.